The molecule has 2 aromatic rings. The largest absolute Gasteiger partial charge is 0.426 e. The molecule has 176 valence electrons. The molecule has 7 nitrogen and oxygen atoms in total. The average molecular weight is 461 g/mol. The summed E-state index contributed by atoms with van der Waals surface area (Å²) in [6, 6.07) is 12.5. The number of ether oxygens (including phenoxy) is 1. The van der Waals surface area contributed by atoms with Gasteiger partial charge < -0.3 is 9.64 Å². The van der Waals surface area contributed by atoms with Crippen molar-refractivity contribution in [2.24, 2.45) is 17.8 Å². The molecule has 3 atom stereocenters. The average Bonchev–Trinajstić information content (AvgIpc) is 3.33. The van der Waals surface area contributed by atoms with Gasteiger partial charge in [-0.2, -0.15) is 0 Å². The lowest BCUT2D eigenvalue weighted by Gasteiger charge is -2.19. The molecule has 1 saturated carbocycles. The Morgan fingerprint density at radius 3 is 2.21 bits per heavy atom. The Morgan fingerprint density at radius 2 is 1.56 bits per heavy atom. The standard InChI is InChI=1S/C27H28N2O5/c1-16-7-3-6-10-22(16)28-15-18(14-24(28)30)27(33)34-19-11-12-23(17(2)13-19)29-25(31)20-8-4-5-9-21(20)26(29)32/h3,6-7,10-13,18,20-21H,4-5,8-9,14-15H2,1-2H3/t18-,20-,21-/m1/s1. The molecule has 2 saturated heterocycles. The van der Waals surface area contributed by atoms with Crippen molar-refractivity contribution in [1.29, 1.82) is 0 Å². The van der Waals surface area contributed by atoms with E-state index in [4.69, 9.17) is 4.74 Å². The summed E-state index contributed by atoms with van der Waals surface area (Å²) < 4.78 is 5.60. The quantitative estimate of drug-likeness (QED) is 0.392. The first-order chi connectivity index (χ1) is 16.3. The van der Waals surface area contributed by atoms with E-state index >= 15 is 0 Å². The highest BCUT2D eigenvalue weighted by Gasteiger charge is 2.49. The summed E-state index contributed by atoms with van der Waals surface area (Å²) in [6.45, 7) is 4.01. The predicted octanol–water partition coefficient (Wildman–Crippen LogP) is 3.94. The van der Waals surface area contributed by atoms with E-state index in [2.05, 4.69) is 0 Å². The first-order valence-corrected chi connectivity index (χ1v) is 11.9. The van der Waals surface area contributed by atoms with Crippen molar-refractivity contribution < 1.29 is 23.9 Å². The van der Waals surface area contributed by atoms with Crippen LogP contribution < -0.4 is 14.5 Å². The fraction of sp³-hybridized carbons (Fsp3) is 0.407. The summed E-state index contributed by atoms with van der Waals surface area (Å²) in [4.78, 5) is 54.2. The highest BCUT2D eigenvalue weighted by Crippen LogP contribution is 2.41. The molecule has 3 fully saturated rings. The molecule has 2 heterocycles. The maximum atomic E-state index is 12.9. The number of amides is 3. The van der Waals surface area contributed by atoms with E-state index in [-0.39, 0.29) is 42.5 Å². The van der Waals surface area contributed by atoms with Gasteiger partial charge in [0.1, 0.15) is 5.75 Å². The van der Waals surface area contributed by atoms with E-state index in [0.29, 0.717) is 17.0 Å². The number of imide groups is 1. The number of carbonyl (C=O) groups excluding carboxylic acids is 4. The smallest absolute Gasteiger partial charge is 0.316 e. The fourth-order valence-electron chi connectivity index (χ4n) is 5.51. The minimum Gasteiger partial charge on any atom is -0.426 e. The molecule has 0 N–H and O–H groups in total. The van der Waals surface area contributed by atoms with Gasteiger partial charge in [-0.05, 0) is 62.1 Å². The van der Waals surface area contributed by atoms with E-state index in [9.17, 15) is 19.2 Å². The van der Waals surface area contributed by atoms with Gasteiger partial charge in [-0.3, -0.25) is 19.2 Å². The van der Waals surface area contributed by atoms with E-state index in [1.807, 2.05) is 31.2 Å². The zero-order valence-corrected chi connectivity index (χ0v) is 19.5. The van der Waals surface area contributed by atoms with Gasteiger partial charge in [-0.25, -0.2) is 4.90 Å². The Bertz CT molecular complexity index is 1170. The van der Waals surface area contributed by atoms with Gasteiger partial charge in [0, 0.05) is 18.7 Å². The Hall–Kier alpha value is -3.48. The fourth-order valence-corrected chi connectivity index (χ4v) is 5.51. The minimum absolute atomic E-state index is 0.101. The number of hydrogen-bond acceptors (Lipinski definition) is 5. The number of hydrogen-bond donors (Lipinski definition) is 0. The minimum atomic E-state index is -0.558. The Labute approximate surface area is 198 Å². The molecule has 1 aliphatic carbocycles. The topological polar surface area (TPSA) is 84.0 Å². The van der Waals surface area contributed by atoms with Crippen molar-refractivity contribution in [2.75, 3.05) is 16.3 Å². The zero-order valence-electron chi connectivity index (χ0n) is 19.5. The third-order valence-electron chi connectivity index (χ3n) is 7.33. The van der Waals surface area contributed by atoms with Crippen LogP contribution in [0.4, 0.5) is 11.4 Å². The first kappa shape index (κ1) is 22.3. The summed E-state index contributed by atoms with van der Waals surface area (Å²) in [5.74, 6) is -1.46. The van der Waals surface area contributed by atoms with Gasteiger partial charge in [0.25, 0.3) is 0 Å². The van der Waals surface area contributed by atoms with Crippen LogP contribution in [-0.2, 0) is 19.2 Å². The number of anilines is 2. The summed E-state index contributed by atoms with van der Waals surface area (Å²) in [5, 5.41) is 0. The van der Waals surface area contributed by atoms with Crippen LogP contribution >= 0.6 is 0 Å². The number of carbonyl (C=O) groups is 4. The van der Waals surface area contributed by atoms with Crippen molar-refractivity contribution in [2.45, 2.75) is 46.0 Å². The molecule has 5 rings (SSSR count). The Morgan fingerprint density at radius 1 is 0.882 bits per heavy atom. The van der Waals surface area contributed by atoms with Crippen LogP contribution in [0.1, 0.15) is 43.2 Å². The highest BCUT2D eigenvalue weighted by atomic mass is 16.5. The van der Waals surface area contributed by atoms with Gasteiger partial charge in [0.2, 0.25) is 17.7 Å². The first-order valence-electron chi connectivity index (χ1n) is 11.9. The number of fused-ring (bicyclic) bond motifs is 1. The number of esters is 1. The van der Waals surface area contributed by atoms with Crippen LogP contribution in [0.5, 0.6) is 5.75 Å². The maximum Gasteiger partial charge on any atom is 0.316 e. The number of aryl methyl sites for hydroxylation is 2. The molecule has 0 aromatic heterocycles. The normalized spacial score (nSPS) is 24.5. The third kappa shape index (κ3) is 3.79. The SMILES string of the molecule is Cc1ccccc1N1C[C@H](C(=O)Oc2ccc(N3C(=O)[C@@H]4CCCC[C@H]4C3=O)c(C)c2)CC1=O. The van der Waals surface area contributed by atoms with Crippen LogP contribution in [0.3, 0.4) is 0 Å². The number of rotatable bonds is 4. The van der Waals surface area contributed by atoms with Gasteiger partial charge in [-0.15, -0.1) is 0 Å². The number of para-hydroxylation sites is 1. The summed E-state index contributed by atoms with van der Waals surface area (Å²) in [5.41, 5.74) is 3.02. The van der Waals surface area contributed by atoms with Crippen LogP contribution in [0, 0.1) is 31.6 Å². The molecule has 7 heteroatoms. The van der Waals surface area contributed by atoms with Crippen LogP contribution in [0.2, 0.25) is 0 Å². The molecular formula is C27H28N2O5. The van der Waals surface area contributed by atoms with Gasteiger partial charge in [0.05, 0.1) is 23.4 Å². The van der Waals surface area contributed by atoms with Crippen molar-refractivity contribution in [3.8, 4) is 5.75 Å². The van der Waals surface area contributed by atoms with Crippen molar-refractivity contribution >= 4 is 35.1 Å². The molecule has 3 amide bonds. The monoisotopic (exact) mass is 460 g/mol. The second-order valence-electron chi connectivity index (χ2n) is 9.57. The molecular weight excluding hydrogens is 432 g/mol. The molecule has 0 radical (unpaired) electrons. The van der Waals surface area contributed by atoms with Crippen molar-refractivity contribution in [3.63, 3.8) is 0 Å². The number of nitrogens with zero attached hydrogens (tertiary/aromatic N) is 2. The van der Waals surface area contributed by atoms with Crippen LogP contribution in [0.25, 0.3) is 0 Å². The molecule has 0 spiro atoms. The molecule has 3 aliphatic rings. The van der Waals surface area contributed by atoms with E-state index in [1.165, 1.54) is 4.90 Å². The second kappa shape index (κ2) is 8.70. The van der Waals surface area contributed by atoms with E-state index < -0.39 is 11.9 Å². The van der Waals surface area contributed by atoms with Gasteiger partial charge in [-0.1, -0.05) is 31.0 Å². The summed E-state index contributed by atoms with van der Waals surface area (Å²) >= 11 is 0. The van der Waals surface area contributed by atoms with Gasteiger partial charge >= 0.3 is 5.97 Å². The van der Waals surface area contributed by atoms with Gasteiger partial charge in [0.15, 0.2) is 0 Å². The molecule has 2 aromatic carbocycles. The Kier molecular flexibility index (Phi) is 5.71. The lowest BCUT2D eigenvalue weighted by Crippen LogP contribution is -2.31. The zero-order chi connectivity index (χ0) is 24.0. The van der Waals surface area contributed by atoms with Crippen LogP contribution in [0.15, 0.2) is 42.5 Å². The molecule has 0 unspecified atom stereocenters. The number of benzene rings is 2. The van der Waals surface area contributed by atoms with E-state index in [1.54, 1.807) is 30.0 Å². The summed E-state index contributed by atoms with van der Waals surface area (Å²) in [6.07, 6.45) is 3.59. The maximum absolute atomic E-state index is 12.9. The van der Waals surface area contributed by atoms with Crippen molar-refractivity contribution in [1.82, 2.24) is 0 Å². The third-order valence-corrected chi connectivity index (χ3v) is 7.33. The summed E-state index contributed by atoms with van der Waals surface area (Å²) in [7, 11) is 0. The van der Waals surface area contributed by atoms with Crippen molar-refractivity contribution in [3.05, 3.63) is 53.6 Å². The molecule has 0 bridgehead atoms. The van der Waals surface area contributed by atoms with E-state index in [0.717, 1.165) is 36.9 Å². The molecule has 34 heavy (non-hydrogen) atoms. The highest BCUT2D eigenvalue weighted by molar-refractivity contribution is 6.22. The second-order valence-corrected chi connectivity index (χ2v) is 9.57. The lowest BCUT2D eigenvalue weighted by atomic mass is 9.81. The predicted molar refractivity (Wildman–Crippen MR) is 126 cm³/mol. The lowest BCUT2D eigenvalue weighted by molar-refractivity contribution is -0.139. The molecule has 2 aliphatic heterocycles. The Balaban J connectivity index is 1.29. The van der Waals surface area contributed by atoms with Crippen LogP contribution in [-0.4, -0.2) is 30.2 Å².